The number of aliphatic hydroxyl groups excluding tert-OH is 3. The highest BCUT2D eigenvalue weighted by Crippen LogP contribution is 2.42. The van der Waals surface area contributed by atoms with E-state index >= 15 is 0 Å². The monoisotopic (exact) mass is 446 g/mol. The predicted molar refractivity (Wildman–Crippen MR) is 106 cm³/mol. The number of aliphatic hydroxyl groups is 3. The van der Waals surface area contributed by atoms with Crippen LogP contribution in [0.1, 0.15) is 0 Å². The van der Waals surface area contributed by atoms with Crippen molar-refractivity contribution >= 4 is 16.9 Å². The Bertz CT molecular complexity index is 1220. The van der Waals surface area contributed by atoms with Crippen molar-refractivity contribution in [1.29, 1.82) is 0 Å². The summed E-state index contributed by atoms with van der Waals surface area (Å²) in [7, 11) is 0. The molecule has 0 saturated carbocycles. The maximum absolute atomic E-state index is 12.5. The number of aliphatic carboxylic acids is 1. The number of carbonyl (C=O) groups is 1. The molecule has 6 N–H and O–H groups in total. The molecule has 1 fully saturated rings. The minimum atomic E-state index is -1.94. The Morgan fingerprint density at radius 2 is 1.62 bits per heavy atom. The van der Waals surface area contributed by atoms with Crippen molar-refractivity contribution in [2.24, 2.45) is 0 Å². The van der Waals surface area contributed by atoms with Gasteiger partial charge in [-0.2, -0.15) is 0 Å². The average Bonchev–Trinajstić information content (AvgIpc) is 2.77. The third kappa shape index (κ3) is 3.63. The molecular weight excluding hydrogens is 428 g/mol. The Morgan fingerprint density at radius 1 is 0.938 bits per heavy atom. The number of hydrogen-bond donors (Lipinski definition) is 6. The predicted octanol–water partition coefficient (Wildman–Crippen LogP) is 0.142. The average molecular weight is 446 g/mol. The fourth-order valence-electron chi connectivity index (χ4n) is 3.38. The van der Waals surface area contributed by atoms with Gasteiger partial charge in [-0.05, 0) is 0 Å². The van der Waals surface area contributed by atoms with Gasteiger partial charge in [-0.3, -0.25) is 4.79 Å². The van der Waals surface area contributed by atoms with Crippen LogP contribution in [0, 0.1) is 0 Å². The molecule has 4 rings (SSSR count). The summed E-state index contributed by atoms with van der Waals surface area (Å²) in [5.41, 5.74) is -0.265. The van der Waals surface area contributed by atoms with E-state index in [0.717, 1.165) is 12.1 Å². The molecule has 5 atom stereocenters. The first-order chi connectivity index (χ1) is 15.2. The van der Waals surface area contributed by atoms with Gasteiger partial charge < -0.3 is 44.5 Å². The molecule has 1 saturated heterocycles. The van der Waals surface area contributed by atoms with E-state index in [1.165, 1.54) is 0 Å². The highest BCUT2D eigenvalue weighted by atomic mass is 16.7. The van der Waals surface area contributed by atoms with Crippen molar-refractivity contribution in [3.05, 3.63) is 52.7 Å². The summed E-state index contributed by atoms with van der Waals surface area (Å²) in [6.07, 6.45) is -9.56. The van der Waals surface area contributed by atoms with Crippen LogP contribution in [-0.2, 0) is 9.53 Å². The summed E-state index contributed by atoms with van der Waals surface area (Å²) < 4.78 is 16.0. The second-order valence-electron chi connectivity index (χ2n) is 7.14. The van der Waals surface area contributed by atoms with Crippen molar-refractivity contribution in [3.63, 3.8) is 0 Å². The lowest BCUT2D eigenvalue weighted by atomic mass is 9.99. The standard InChI is InChI=1S/C21H18O11/c22-9-6-10(8-4-2-1-3-5-8)30-11-7-12(14(23)15(24)13(9)11)31-21-18(27)16(25)17(26)19(32-21)20(28)29/h1-7,16-19,21,23-27H,(H,28,29)/t16-,17-,18+,19-,21-/m1/s1. The van der Waals surface area contributed by atoms with Gasteiger partial charge in [-0.25, -0.2) is 4.79 Å². The highest BCUT2D eigenvalue weighted by Gasteiger charge is 2.48. The SMILES string of the molecule is O=C(O)[C@@H]1O[C@@H](Oc2cc3oc(-c4ccccc4)cc(=O)c3c(O)c2O)[C@@H](O)[C@H](O)[C@H]1O. The first-order valence-electron chi connectivity index (χ1n) is 9.36. The van der Waals surface area contributed by atoms with E-state index in [1.807, 2.05) is 0 Å². The van der Waals surface area contributed by atoms with E-state index < -0.39 is 59.4 Å². The first-order valence-corrected chi connectivity index (χ1v) is 9.36. The molecule has 1 aromatic heterocycles. The Morgan fingerprint density at radius 3 is 2.28 bits per heavy atom. The molecule has 0 radical (unpaired) electrons. The molecule has 0 bridgehead atoms. The normalized spacial score (nSPS) is 25.5. The van der Waals surface area contributed by atoms with Crippen LogP contribution in [0.25, 0.3) is 22.3 Å². The molecule has 3 aromatic rings. The number of carboxylic acids is 1. The molecule has 0 spiro atoms. The number of rotatable bonds is 4. The topological polar surface area (TPSA) is 187 Å². The lowest BCUT2D eigenvalue weighted by Gasteiger charge is -2.38. The molecule has 2 heterocycles. The maximum Gasteiger partial charge on any atom is 0.335 e. The highest BCUT2D eigenvalue weighted by molar-refractivity contribution is 5.89. The second-order valence-corrected chi connectivity index (χ2v) is 7.14. The number of phenols is 2. The number of fused-ring (bicyclic) bond motifs is 1. The molecule has 0 unspecified atom stereocenters. The van der Waals surface area contributed by atoms with Gasteiger partial charge in [0.2, 0.25) is 12.0 Å². The zero-order valence-corrected chi connectivity index (χ0v) is 16.2. The number of aromatic hydroxyl groups is 2. The van der Waals surface area contributed by atoms with Gasteiger partial charge in [0.05, 0.1) is 0 Å². The Balaban J connectivity index is 1.77. The summed E-state index contributed by atoms with van der Waals surface area (Å²) in [4.78, 5) is 23.8. The number of carboxylic acid groups (broad SMARTS) is 1. The molecule has 2 aromatic carbocycles. The van der Waals surface area contributed by atoms with E-state index in [0.29, 0.717) is 5.56 Å². The van der Waals surface area contributed by atoms with Crippen molar-refractivity contribution < 1.29 is 49.3 Å². The van der Waals surface area contributed by atoms with Crippen molar-refractivity contribution in [3.8, 4) is 28.6 Å². The van der Waals surface area contributed by atoms with Crippen LogP contribution in [0.4, 0.5) is 0 Å². The second kappa shape index (κ2) is 8.13. The summed E-state index contributed by atoms with van der Waals surface area (Å²) in [5.74, 6) is -3.76. The van der Waals surface area contributed by atoms with E-state index in [2.05, 4.69) is 0 Å². The van der Waals surface area contributed by atoms with Crippen LogP contribution in [0.3, 0.4) is 0 Å². The van der Waals surface area contributed by atoms with Gasteiger partial charge in [0.25, 0.3) is 0 Å². The lowest BCUT2D eigenvalue weighted by Crippen LogP contribution is -2.61. The zero-order valence-electron chi connectivity index (χ0n) is 16.2. The van der Waals surface area contributed by atoms with Gasteiger partial charge in [0, 0.05) is 17.7 Å². The van der Waals surface area contributed by atoms with Crippen LogP contribution >= 0.6 is 0 Å². The van der Waals surface area contributed by atoms with Crippen LogP contribution in [-0.4, -0.2) is 67.3 Å². The van der Waals surface area contributed by atoms with Crippen LogP contribution in [0.5, 0.6) is 17.2 Å². The van der Waals surface area contributed by atoms with E-state index in [4.69, 9.17) is 19.0 Å². The van der Waals surface area contributed by atoms with E-state index in [-0.39, 0.29) is 16.7 Å². The quantitative estimate of drug-likeness (QED) is 0.299. The van der Waals surface area contributed by atoms with Crippen molar-refractivity contribution in [2.45, 2.75) is 30.7 Å². The minimum Gasteiger partial charge on any atom is -0.504 e. The van der Waals surface area contributed by atoms with Gasteiger partial charge in [-0.15, -0.1) is 0 Å². The molecule has 1 aliphatic heterocycles. The van der Waals surface area contributed by atoms with Crippen molar-refractivity contribution in [1.82, 2.24) is 0 Å². The molecule has 0 amide bonds. The van der Waals surface area contributed by atoms with Gasteiger partial charge in [0.1, 0.15) is 35.0 Å². The summed E-state index contributed by atoms with van der Waals surface area (Å²) in [6.45, 7) is 0. The Hall–Kier alpha value is -3.64. The van der Waals surface area contributed by atoms with Crippen LogP contribution < -0.4 is 10.2 Å². The number of hydrogen-bond acceptors (Lipinski definition) is 10. The first kappa shape index (κ1) is 21.6. The van der Waals surface area contributed by atoms with E-state index in [1.54, 1.807) is 30.3 Å². The molecule has 1 aliphatic rings. The van der Waals surface area contributed by atoms with E-state index in [9.17, 15) is 35.1 Å². The molecule has 11 heteroatoms. The molecule has 32 heavy (non-hydrogen) atoms. The van der Waals surface area contributed by atoms with Crippen molar-refractivity contribution in [2.75, 3.05) is 0 Å². The largest absolute Gasteiger partial charge is 0.504 e. The Kier molecular flexibility index (Phi) is 5.48. The minimum absolute atomic E-state index is 0.164. The molecule has 168 valence electrons. The van der Waals surface area contributed by atoms with Crippen LogP contribution in [0.2, 0.25) is 0 Å². The third-order valence-electron chi connectivity index (χ3n) is 5.05. The summed E-state index contributed by atoms with van der Waals surface area (Å²) in [5, 5.41) is 59.2. The van der Waals surface area contributed by atoms with Gasteiger partial charge in [0.15, 0.2) is 23.0 Å². The third-order valence-corrected chi connectivity index (χ3v) is 5.05. The number of ether oxygens (including phenoxy) is 2. The van der Waals surface area contributed by atoms with Gasteiger partial charge >= 0.3 is 5.97 Å². The molecule has 11 nitrogen and oxygen atoms in total. The smallest absolute Gasteiger partial charge is 0.335 e. The molecule has 0 aliphatic carbocycles. The van der Waals surface area contributed by atoms with Crippen LogP contribution in [0.15, 0.2) is 51.7 Å². The lowest BCUT2D eigenvalue weighted by molar-refractivity contribution is -0.271. The fourth-order valence-corrected chi connectivity index (χ4v) is 3.38. The zero-order chi connectivity index (χ0) is 23.2. The number of benzene rings is 2. The molecular formula is C21H18O11. The Labute approximate surface area is 178 Å². The van der Waals surface area contributed by atoms with Gasteiger partial charge in [-0.1, -0.05) is 30.3 Å². The fraction of sp³-hybridized carbons (Fsp3) is 0.238. The number of phenolic OH excluding ortho intramolecular Hbond substituents is 2. The summed E-state index contributed by atoms with van der Waals surface area (Å²) >= 11 is 0. The summed E-state index contributed by atoms with van der Waals surface area (Å²) in [6, 6.07) is 10.8. The maximum atomic E-state index is 12.5.